The van der Waals surface area contributed by atoms with E-state index in [2.05, 4.69) is 10.3 Å². The SMILES string of the molecule is CC(=O)Nc1ccsc1C(=O)OF. The van der Waals surface area contributed by atoms with E-state index in [1.165, 1.54) is 13.0 Å². The van der Waals surface area contributed by atoms with Crippen LogP contribution in [0.4, 0.5) is 10.2 Å². The summed E-state index contributed by atoms with van der Waals surface area (Å²) in [7, 11) is 0. The van der Waals surface area contributed by atoms with Crippen LogP contribution in [-0.4, -0.2) is 11.9 Å². The minimum Gasteiger partial charge on any atom is -0.325 e. The zero-order valence-corrected chi connectivity index (χ0v) is 7.48. The normalized spacial score (nSPS) is 9.38. The van der Waals surface area contributed by atoms with Crippen molar-refractivity contribution in [3.8, 4) is 0 Å². The summed E-state index contributed by atoms with van der Waals surface area (Å²) in [5, 5.41) is 3.93. The number of nitrogens with one attached hydrogen (secondary N) is 1. The lowest BCUT2D eigenvalue weighted by Crippen LogP contribution is -2.08. The van der Waals surface area contributed by atoms with E-state index < -0.39 is 5.97 Å². The molecular formula is C7H6FNO3S. The first-order valence-corrected chi connectivity index (χ1v) is 4.21. The lowest BCUT2D eigenvalue weighted by Gasteiger charge is -1.99. The number of carbonyl (C=O) groups is 2. The van der Waals surface area contributed by atoms with E-state index in [0.29, 0.717) is 0 Å². The topological polar surface area (TPSA) is 55.4 Å². The third-order valence-electron chi connectivity index (χ3n) is 1.23. The van der Waals surface area contributed by atoms with Gasteiger partial charge in [0.2, 0.25) is 5.91 Å². The van der Waals surface area contributed by atoms with E-state index in [0.717, 1.165) is 11.3 Å². The summed E-state index contributed by atoms with van der Waals surface area (Å²) in [6.07, 6.45) is 0. The van der Waals surface area contributed by atoms with Gasteiger partial charge in [-0.15, -0.1) is 11.3 Å². The zero-order valence-electron chi connectivity index (χ0n) is 6.67. The molecule has 1 heterocycles. The largest absolute Gasteiger partial charge is 0.391 e. The Balaban J connectivity index is 2.89. The number of rotatable bonds is 2. The van der Waals surface area contributed by atoms with E-state index in [9.17, 15) is 14.1 Å². The molecule has 0 bridgehead atoms. The van der Waals surface area contributed by atoms with Gasteiger partial charge in [0, 0.05) is 11.4 Å². The van der Waals surface area contributed by atoms with Gasteiger partial charge in [-0.3, -0.25) is 4.79 Å². The molecule has 1 aromatic rings. The molecule has 1 aromatic heterocycles. The average Bonchev–Trinajstić information content (AvgIpc) is 2.50. The Kier molecular flexibility index (Phi) is 2.97. The first kappa shape index (κ1) is 9.66. The van der Waals surface area contributed by atoms with Crippen LogP contribution in [-0.2, 0) is 9.74 Å². The van der Waals surface area contributed by atoms with Crippen molar-refractivity contribution in [1.82, 2.24) is 0 Å². The molecule has 0 radical (unpaired) electrons. The zero-order chi connectivity index (χ0) is 9.84. The monoisotopic (exact) mass is 203 g/mol. The molecule has 0 aliphatic heterocycles. The summed E-state index contributed by atoms with van der Waals surface area (Å²) in [6.45, 7) is 1.29. The highest BCUT2D eigenvalue weighted by atomic mass is 32.1. The molecule has 13 heavy (non-hydrogen) atoms. The fourth-order valence-corrected chi connectivity index (χ4v) is 1.50. The van der Waals surface area contributed by atoms with Gasteiger partial charge in [-0.2, -0.15) is 0 Å². The third-order valence-corrected chi connectivity index (χ3v) is 2.13. The molecule has 0 atom stereocenters. The van der Waals surface area contributed by atoms with Crippen molar-refractivity contribution in [3.05, 3.63) is 16.3 Å². The van der Waals surface area contributed by atoms with Crippen LogP contribution in [0.25, 0.3) is 0 Å². The molecule has 0 aliphatic carbocycles. The molecule has 6 heteroatoms. The molecule has 4 nitrogen and oxygen atoms in total. The van der Waals surface area contributed by atoms with E-state index in [1.807, 2.05) is 0 Å². The summed E-state index contributed by atoms with van der Waals surface area (Å²) in [6, 6.07) is 1.50. The maximum atomic E-state index is 11.5. The van der Waals surface area contributed by atoms with Crippen molar-refractivity contribution in [2.24, 2.45) is 0 Å². The average molecular weight is 203 g/mol. The van der Waals surface area contributed by atoms with Gasteiger partial charge >= 0.3 is 5.97 Å². The molecule has 1 amide bonds. The second kappa shape index (κ2) is 3.99. The Labute approximate surface area is 77.2 Å². The molecule has 0 unspecified atom stereocenters. The molecular weight excluding hydrogens is 197 g/mol. The van der Waals surface area contributed by atoms with Crippen molar-refractivity contribution in [2.75, 3.05) is 5.32 Å². The summed E-state index contributed by atoms with van der Waals surface area (Å²) < 4.78 is 11.5. The van der Waals surface area contributed by atoms with Gasteiger partial charge in [0.15, 0.2) is 0 Å². The summed E-state index contributed by atoms with van der Waals surface area (Å²) in [5.41, 5.74) is 0.264. The molecule has 1 N–H and O–H groups in total. The van der Waals surface area contributed by atoms with Crippen molar-refractivity contribution in [3.63, 3.8) is 0 Å². The van der Waals surface area contributed by atoms with E-state index in [1.54, 1.807) is 5.38 Å². The van der Waals surface area contributed by atoms with Crippen LogP contribution in [0.5, 0.6) is 0 Å². The number of thiophene rings is 1. The first-order chi connectivity index (χ1) is 6.15. The Hall–Kier alpha value is -1.43. The van der Waals surface area contributed by atoms with Gasteiger partial charge in [0.1, 0.15) is 4.88 Å². The van der Waals surface area contributed by atoms with Crippen molar-refractivity contribution < 1.29 is 19.1 Å². The van der Waals surface area contributed by atoms with E-state index in [4.69, 9.17) is 0 Å². The van der Waals surface area contributed by atoms with Crippen molar-refractivity contribution in [2.45, 2.75) is 6.92 Å². The Morgan fingerprint density at radius 3 is 2.85 bits per heavy atom. The summed E-state index contributed by atoms with van der Waals surface area (Å²) >= 11 is 0.995. The second-order valence-electron chi connectivity index (χ2n) is 2.21. The first-order valence-electron chi connectivity index (χ1n) is 3.33. The molecule has 0 aliphatic rings. The predicted octanol–water partition coefficient (Wildman–Crippen LogP) is 1.75. The number of carbonyl (C=O) groups excluding carboxylic acids is 2. The summed E-state index contributed by atoms with van der Waals surface area (Å²) in [5.74, 6) is -1.43. The smallest absolute Gasteiger partial charge is 0.325 e. The molecule has 0 saturated carbocycles. The lowest BCUT2D eigenvalue weighted by atomic mass is 10.4. The number of halogens is 1. The maximum Gasteiger partial charge on any atom is 0.391 e. The molecule has 70 valence electrons. The van der Waals surface area contributed by atoms with Crippen LogP contribution in [0.3, 0.4) is 0 Å². The number of hydrogen-bond acceptors (Lipinski definition) is 4. The lowest BCUT2D eigenvalue weighted by molar-refractivity contribution is -0.114. The van der Waals surface area contributed by atoms with Crippen LogP contribution in [0.15, 0.2) is 11.4 Å². The maximum absolute atomic E-state index is 11.5. The fourth-order valence-electron chi connectivity index (χ4n) is 0.790. The second-order valence-corrected chi connectivity index (χ2v) is 3.13. The minimum atomic E-state index is -1.10. The van der Waals surface area contributed by atoms with E-state index in [-0.39, 0.29) is 16.5 Å². The van der Waals surface area contributed by atoms with Crippen LogP contribution < -0.4 is 5.32 Å². The van der Waals surface area contributed by atoms with Gasteiger partial charge < -0.3 is 5.32 Å². The van der Waals surface area contributed by atoms with Crippen LogP contribution >= 0.6 is 11.3 Å². The van der Waals surface area contributed by atoms with Gasteiger partial charge in [0.25, 0.3) is 0 Å². The third kappa shape index (κ3) is 2.25. The number of hydrogen-bond donors (Lipinski definition) is 1. The minimum absolute atomic E-state index is 0.0395. The highest BCUT2D eigenvalue weighted by molar-refractivity contribution is 7.12. The van der Waals surface area contributed by atoms with Gasteiger partial charge in [-0.05, 0) is 11.4 Å². The predicted molar refractivity (Wildman–Crippen MR) is 45.1 cm³/mol. The van der Waals surface area contributed by atoms with Gasteiger partial charge in [-0.1, -0.05) is 0 Å². The van der Waals surface area contributed by atoms with Crippen LogP contribution in [0, 0.1) is 0 Å². The van der Waals surface area contributed by atoms with Gasteiger partial charge in [0.05, 0.1) is 5.69 Å². The van der Waals surface area contributed by atoms with Crippen LogP contribution in [0.2, 0.25) is 0 Å². The number of amides is 1. The highest BCUT2D eigenvalue weighted by Crippen LogP contribution is 2.23. The van der Waals surface area contributed by atoms with Crippen molar-refractivity contribution in [1.29, 1.82) is 0 Å². The Bertz CT molecular complexity index is 336. The molecule has 0 saturated heterocycles. The Morgan fingerprint density at radius 1 is 1.62 bits per heavy atom. The summed E-state index contributed by atoms with van der Waals surface area (Å²) in [4.78, 5) is 24.4. The molecule has 0 aromatic carbocycles. The number of anilines is 1. The van der Waals surface area contributed by atoms with E-state index >= 15 is 0 Å². The molecule has 0 fully saturated rings. The quantitative estimate of drug-likeness (QED) is 0.796. The Morgan fingerprint density at radius 2 is 2.31 bits per heavy atom. The molecule has 0 spiro atoms. The molecule has 1 rings (SSSR count). The fraction of sp³-hybridized carbons (Fsp3) is 0.143. The van der Waals surface area contributed by atoms with Crippen LogP contribution in [0.1, 0.15) is 16.6 Å². The highest BCUT2D eigenvalue weighted by Gasteiger charge is 2.15. The van der Waals surface area contributed by atoms with Gasteiger partial charge in [-0.25, -0.2) is 9.74 Å². The standard InChI is InChI=1S/C7H6FNO3S/c1-4(10)9-5-2-3-13-6(5)7(11)12-8/h2-3H,1H3,(H,9,10). The van der Waals surface area contributed by atoms with Crippen molar-refractivity contribution >= 4 is 28.9 Å².